The first-order chi connectivity index (χ1) is 14.2. The molecule has 0 aliphatic carbocycles. The summed E-state index contributed by atoms with van der Waals surface area (Å²) in [5.41, 5.74) is 1.27. The quantitative estimate of drug-likeness (QED) is 0.238. The Kier molecular flexibility index (Phi) is 6.56. The summed E-state index contributed by atoms with van der Waals surface area (Å²) in [6.07, 6.45) is 3.81. The van der Waals surface area contributed by atoms with Crippen LogP contribution in [0.3, 0.4) is 0 Å². The molecule has 1 aromatic rings. The molecule has 3 atom stereocenters. The van der Waals surface area contributed by atoms with Crippen LogP contribution in [0.5, 0.6) is 0 Å². The van der Waals surface area contributed by atoms with Crippen LogP contribution >= 0.6 is 12.2 Å². The van der Waals surface area contributed by atoms with Gasteiger partial charge in [-0.25, -0.2) is 10.1 Å². The molecule has 3 amide bonds. The molecule has 0 radical (unpaired) electrons. The molecule has 10 heteroatoms. The van der Waals surface area contributed by atoms with Crippen molar-refractivity contribution in [2.45, 2.75) is 50.4 Å². The molecule has 0 saturated carbocycles. The molecule has 3 saturated heterocycles. The van der Waals surface area contributed by atoms with Gasteiger partial charge in [-0.15, -0.1) is 4.33 Å². The number of carbonyl (C=O) groups is 2. The summed E-state index contributed by atoms with van der Waals surface area (Å²) in [5.74, 6) is -0.212. The predicted octanol–water partition coefficient (Wildman–Crippen LogP) is 2.02. The highest BCUT2D eigenvalue weighted by Crippen LogP contribution is 2.38. The highest BCUT2D eigenvalue weighted by molar-refractivity contribution is 7.92. The third-order valence-electron chi connectivity index (χ3n) is 5.87. The minimum atomic E-state index is -0.462. The van der Waals surface area contributed by atoms with Crippen LogP contribution in [0.4, 0.5) is 4.79 Å². The lowest BCUT2D eigenvalue weighted by atomic mass is 10.0. The number of benzene rings is 1. The van der Waals surface area contributed by atoms with Crippen LogP contribution in [0, 0.1) is 0 Å². The number of hydrogen-bond donors (Lipinski definition) is 2. The number of likely N-dealkylation sites (tertiary alicyclic amines) is 2. The first-order valence-electron chi connectivity index (χ1n) is 9.98. The molecule has 3 fully saturated rings. The zero-order valence-corrected chi connectivity index (χ0v) is 16.9. The van der Waals surface area contributed by atoms with E-state index in [1.165, 1.54) is 9.87 Å². The summed E-state index contributed by atoms with van der Waals surface area (Å²) in [4.78, 5) is 29.2. The van der Waals surface area contributed by atoms with Crippen LogP contribution in [-0.2, 0) is 20.7 Å². The van der Waals surface area contributed by atoms with Crippen molar-refractivity contribution in [2.24, 2.45) is 0 Å². The molecule has 3 aliphatic heterocycles. The third kappa shape index (κ3) is 4.51. The topological polar surface area (TPSA) is 94.6 Å². The summed E-state index contributed by atoms with van der Waals surface area (Å²) in [6, 6.07) is 9.67. The molecule has 0 bridgehead atoms. The molecule has 3 heterocycles. The maximum Gasteiger partial charge on any atom is 0.318 e. The zero-order chi connectivity index (χ0) is 20.2. The molecule has 1 aromatic carbocycles. The Hall–Kier alpha value is -1.85. The van der Waals surface area contributed by atoms with Crippen LogP contribution in [0.2, 0.25) is 0 Å². The molecular formula is C19H26N4O5S. The maximum absolute atomic E-state index is 12.9. The molecule has 3 aliphatic rings. The smallest absolute Gasteiger partial charge is 0.318 e. The van der Waals surface area contributed by atoms with E-state index >= 15 is 0 Å². The van der Waals surface area contributed by atoms with Gasteiger partial charge in [-0.2, -0.15) is 0 Å². The van der Waals surface area contributed by atoms with E-state index in [0.29, 0.717) is 25.2 Å². The van der Waals surface area contributed by atoms with Crippen molar-refractivity contribution in [3.05, 3.63) is 35.9 Å². The number of carbonyl (C=O) groups excluding carboxylic acids is 2. The average molecular weight is 423 g/mol. The summed E-state index contributed by atoms with van der Waals surface area (Å²) < 4.78 is 5.75. The van der Waals surface area contributed by atoms with Gasteiger partial charge >= 0.3 is 6.03 Å². The van der Waals surface area contributed by atoms with Crippen molar-refractivity contribution >= 4 is 24.2 Å². The average Bonchev–Trinajstić information content (AvgIpc) is 2.99. The van der Waals surface area contributed by atoms with Gasteiger partial charge in [0.25, 0.3) is 5.91 Å². The van der Waals surface area contributed by atoms with Crippen LogP contribution in [0.1, 0.15) is 31.2 Å². The van der Waals surface area contributed by atoms with E-state index in [9.17, 15) is 9.59 Å². The van der Waals surface area contributed by atoms with Gasteiger partial charge in [0.15, 0.2) is 12.2 Å². The van der Waals surface area contributed by atoms with Crippen molar-refractivity contribution in [2.75, 3.05) is 19.6 Å². The molecule has 158 valence electrons. The molecule has 0 spiro atoms. The second-order valence-corrected chi connectivity index (χ2v) is 8.42. The van der Waals surface area contributed by atoms with Crippen molar-refractivity contribution in [1.82, 2.24) is 19.4 Å². The predicted molar refractivity (Wildman–Crippen MR) is 106 cm³/mol. The van der Waals surface area contributed by atoms with Gasteiger partial charge in [0, 0.05) is 25.7 Å². The molecule has 2 N–H and O–H groups in total. The minimum absolute atomic E-state index is 0.0690. The number of β-lactam (4-membered cyclic amide) rings is 1. The Bertz CT molecular complexity index is 724. The third-order valence-corrected chi connectivity index (χ3v) is 6.60. The van der Waals surface area contributed by atoms with Crippen molar-refractivity contribution in [1.29, 1.82) is 0 Å². The van der Waals surface area contributed by atoms with E-state index in [1.54, 1.807) is 4.90 Å². The van der Waals surface area contributed by atoms with Crippen molar-refractivity contribution < 1.29 is 24.2 Å². The summed E-state index contributed by atoms with van der Waals surface area (Å²) >= 11 is 0.648. The highest BCUT2D eigenvalue weighted by Gasteiger charge is 2.57. The van der Waals surface area contributed by atoms with E-state index in [0.717, 1.165) is 38.9 Å². The maximum atomic E-state index is 12.9. The zero-order valence-electron chi connectivity index (χ0n) is 16.1. The Balaban J connectivity index is 1.31. The lowest BCUT2D eigenvalue weighted by Crippen LogP contribution is -2.65. The summed E-state index contributed by atoms with van der Waals surface area (Å²) in [5, 5.41) is 15.0. The fourth-order valence-corrected chi connectivity index (χ4v) is 5.08. The van der Waals surface area contributed by atoms with Crippen LogP contribution in [-0.4, -0.2) is 69.1 Å². The van der Waals surface area contributed by atoms with E-state index in [-0.39, 0.29) is 24.0 Å². The second kappa shape index (κ2) is 9.31. The molecule has 9 nitrogen and oxygen atoms in total. The Morgan fingerprint density at radius 1 is 1.21 bits per heavy atom. The fourth-order valence-electron chi connectivity index (χ4n) is 4.48. The first kappa shape index (κ1) is 20.4. The normalized spacial score (nSPS) is 27.3. The van der Waals surface area contributed by atoms with Gasteiger partial charge in [0.2, 0.25) is 0 Å². The summed E-state index contributed by atoms with van der Waals surface area (Å²) in [7, 11) is 0. The monoisotopic (exact) mass is 422 g/mol. The number of fused-ring (bicyclic) bond motifs is 1. The van der Waals surface area contributed by atoms with E-state index in [4.69, 9.17) is 5.26 Å². The van der Waals surface area contributed by atoms with Crippen molar-refractivity contribution in [3.8, 4) is 0 Å². The molecule has 0 unspecified atom stereocenters. The van der Waals surface area contributed by atoms with Gasteiger partial charge in [0.1, 0.15) is 6.04 Å². The fraction of sp³-hybridized carbons (Fsp3) is 0.579. The van der Waals surface area contributed by atoms with Gasteiger partial charge < -0.3 is 10.2 Å². The van der Waals surface area contributed by atoms with E-state index < -0.39 is 6.04 Å². The van der Waals surface area contributed by atoms with E-state index in [1.807, 2.05) is 18.2 Å². The van der Waals surface area contributed by atoms with Crippen molar-refractivity contribution in [3.63, 3.8) is 0 Å². The number of hydrogen-bond acceptors (Lipinski definition) is 7. The lowest BCUT2D eigenvalue weighted by Gasteiger charge is -2.42. The number of nitrogens with zero attached hydrogens (tertiary/aromatic N) is 3. The Morgan fingerprint density at radius 3 is 2.83 bits per heavy atom. The molecule has 4 rings (SSSR count). The number of urea groups is 1. The number of amides is 3. The molecule has 0 aromatic heterocycles. The largest absolute Gasteiger partial charge is 0.334 e. The number of rotatable bonds is 6. The van der Waals surface area contributed by atoms with Gasteiger partial charge in [-0.05, 0) is 31.4 Å². The van der Waals surface area contributed by atoms with Crippen LogP contribution < -0.4 is 5.32 Å². The van der Waals surface area contributed by atoms with Gasteiger partial charge in [0.05, 0.1) is 6.04 Å². The number of nitrogens with one attached hydrogen (secondary N) is 1. The lowest BCUT2D eigenvalue weighted by molar-refractivity contribution is -0.433. The van der Waals surface area contributed by atoms with Crippen LogP contribution in [0.25, 0.3) is 0 Å². The standard InChI is InChI=1S/C19H26N4O5S/c24-18-17-16(23(18)29-28-27-26)9-11-22(17)19(25)20-15-8-4-5-10-21(13-15)12-14-6-2-1-3-7-14/h1-3,6-7,15-17,26H,4-5,8-13H2,(H,20,25)/t15-,16+,17-/m0/s1. The van der Waals surface area contributed by atoms with Gasteiger partial charge in [-0.1, -0.05) is 41.8 Å². The highest BCUT2D eigenvalue weighted by atomic mass is 32.2. The van der Waals surface area contributed by atoms with Gasteiger partial charge in [-0.3, -0.25) is 14.0 Å². The minimum Gasteiger partial charge on any atom is -0.334 e. The van der Waals surface area contributed by atoms with E-state index in [2.05, 4.69) is 31.7 Å². The molecular weight excluding hydrogens is 396 g/mol. The van der Waals surface area contributed by atoms with Crippen LogP contribution in [0.15, 0.2) is 30.3 Å². The SMILES string of the molecule is O=C(N[C@H]1CCCCN(Cc2ccccc2)C1)N1CC[C@@H]2[C@H]1C(=O)N2SOOO. The summed E-state index contributed by atoms with van der Waals surface area (Å²) in [6.45, 7) is 3.22. The molecule has 29 heavy (non-hydrogen) atoms. The Labute approximate surface area is 174 Å². The Morgan fingerprint density at radius 2 is 2.03 bits per heavy atom. The first-order valence-corrected chi connectivity index (χ1v) is 10.7. The second-order valence-electron chi connectivity index (χ2n) is 7.74.